The fourth-order valence-corrected chi connectivity index (χ4v) is 3.31. The summed E-state index contributed by atoms with van der Waals surface area (Å²) in [5, 5.41) is 4.62. The van der Waals surface area contributed by atoms with E-state index < -0.39 is 0 Å². The summed E-state index contributed by atoms with van der Waals surface area (Å²) >= 11 is 0. The molecule has 1 fully saturated rings. The van der Waals surface area contributed by atoms with Gasteiger partial charge in [-0.05, 0) is 19.9 Å². The average Bonchev–Trinajstić information content (AvgIpc) is 2.63. The van der Waals surface area contributed by atoms with Gasteiger partial charge >= 0.3 is 0 Å². The van der Waals surface area contributed by atoms with Crippen LogP contribution in [0.1, 0.15) is 13.8 Å². The van der Waals surface area contributed by atoms with E-state index in [4.69, 9.17) is 9.97 Å². The topological polar surface area (TPSA) is 41.1 Å². The third kappa shape index (κ3) is 2.74. The van der Waals surface area contributed by atoms with Gasteiger partial charge in [0.05, 0.1) is 11.2 Å². The van der Waals surface area contributed by atoms with Crippen molar-refractivity contribution in [1.29, 1.82) is 0 Å². The summed E-state index contributed by atoms with van der Waals surface area (Å²) in [6.45, 7) is 6.31. The number of aromatic nitrogens is 2. The van der Waals surface area contributed by atoms with E-state index >= 15 is 0 Å². The van der Waals surface area contributed by atoms with Crippen LogP contribution in [0, 0.1) is 0 Å². The molecule has 1 aliphatic heterocycles. The maximum Gasteiger partial charge on any atom is 0.226 e. The Hall–Kier alpha value is -2.46. The van der Waals surface area contributed by atoms with E-state index in [1.54, 1.807) is 0 Å². The fraction of sp³-hybridized carbons (Fsp3) is 0.300. The standard InChI is InChI=1S/C20H22N4/c1-14-13-24(15(2)12-21-14)20-22-18-11-7-6-10-17(18)19(23-20)16-8-4-3-5-9-16/h3-11,14-15,21H,12-13H2,1-2H3. The number of rotatable bonds is 2. The van der Waals surface area contributed by atoms with Gasteiger partial charge in [0, 0.05) is 36.1 Å². The Labute approximate surface area is 142 Å². The second-order valence-corrected chi connectivity index (χ2v) is 6.57. The molecule has 0 radical (unpaired) electrons. The molecule has 0 bridgehead atoms. The number of hydrogen-bond donors (Lipinski definition) is 1. The largest absolute Gasteiger partial charge is 0.335 e. The minimum atomic E-state index is 0.381. The monoisotopic (exact) mass is 318 g/mol. The van der Waals surface area contributed by atoms with Crippen LogP contribution in [0.4, 0.5) is 5.95 Å². The molecule has 4 nitrogen and oxygen atoms in total. The minimum absolute atomic E-state index is 0.381. The van der Waals surface area contributed by atoms with Crippen LogP contribution in [0.3, 0.4) is 0 Å². The molecule has 3 aromatic rings. The number of benzene rings is 2. The molecule has 2 unspecified atom stereocenters. The summed E-state index contributed by atoms with van der Waals surface area (Å²) in [5.74, 6) is 0.827. The van der Waals surface area contributed by atoms with Crippen LogP contribution in [-0.4, -0.2) is 35.1 Å². The zero-order valence-electron chi connectivity index (χ0n) is 14.1. The summed E-state index contributed by atoms with van der Waals surface area (Å²) < 4.78 is 0. The Kier molecular flexibility index (Phi) is 3.90. The summed E-state index contributed by atoms with van der Waals surface area (Å²) in [4.78, 5) is 12.1. The first-order valence-corrected chi connectivity index (χ1v) is 8.54. The van der Waals surface area contributed by atoms with Gasteiger partial charge in [0.15, 0.2) is 0 Å². The Morgan fingerprint density at radius 2 is 1.71 bits per heavy atom. The van der Waals surface area contributed by atoms with Crippen molar-refractivity contribution in [3.05, 3.63) is 54.6 Å². The molecule has 24 heavy (non-hydrogen) atoms. The minimum Gasteiger partial charge on any atom is -0.335 e. The van der Waals surface area contributed by atoms with E-state index in [0.717, 1.165) is 41.2 Å². The van der Waals surface area contributed by atoms with Crippen molar-refractivity contribution in [1.82, 2.24) is 15.3 Å². The molecule has 1 N–H and O–H groups in total. The molecule has 0 amide bonds. The molecule has 2 aromatic carbocycles. The quantitative estimate of drug-likeness (QED) is 0.785. The highest BCUT2D eigenvalue weighted by atomic mass is 15.3. The van der Waals surface area contributed by atoms with E-state index in [9.17, 15) is 0 Å². The zero-order valence-corrected chi connectivity index (χ0v) is 14.1. The van der Waals surface area contributed by atoms with Gasteiger partial charge in [0.2, 0.25) is 5.95 Å². The lowest BCUT2D eigenvalue weighted by molar-refractivity contribution is 0.420. The van der Waals surface area contributed by atoms with Crippen LogP contribution in [0.5, 0.6) is 0 Å². The van der Waals surface area contributed by atoms with Crippen molar-refractivity contribution in [3.8, 4) is 11.3 Å². The maximum atomic E-state index is 4.97. The second kappa shape index (κ2) is 6.21. The first-order chi connectivity index (χ1) is 11.7. The van der Waals surface area contributed by atoms with E-state index in [0.29, 0.717) is 12.1 Å². The van der Waals surface area contributed by atoms with Crippen LogP contribution in [-0.2, 0) is 0 Å². The maximum absolute atomic E-state index is 4.97. The van der Waals surface area contributed by atoms with E-state index in [2.05, 4.69) is 60.5 Å². The molecule has 1 aliphatic rings. The molecule has 122 valence electrons. The van der Waals surface area contributed by atoms with Crippen LogP contribution < -0.4 is 10.2 Å². The lowest BCUT2D eigenvalue weighted by Gasteiger charge is -2.37. The Balaban J connectivity index is 1.88. The second-order valence-electron chi connectivity index (χ2n) is 6.57. The predicted octanol–water partition coefficient (Wildman–Crippen LogP) is 3.48. The van der Waals surface area contributed by atoms with Crippen molar-refractivity contribution >= 4 is 16.9 Å². The van der Waals surface area contributed by atoms with Gasteiger partial charge in [0.1, 0.15) is 0 Å². The Bertz CT molecular complexity index is 847. The van der Waals surface area contributed by atoms with Gasteiger partial charge in [-0.15, -0.1) is 0 Å². The molecule has 1 saturated heterocycles. The molecule has 4 heteroatoms. The molecular weight excluding hydrogens is 296 g/mol. The van der Waals surface area contributed by atoms with Crippen LogP contribution >= 0.6 is 0 Å². The highest BCUT2D eigenvalue weighted by Gasteiger charge is 2.25. The van der Waals surface area contributed by atoms with Crippen molar-refractivity contribution in [3.63, 3.8) is 0 Å². The van der Waals surface area contributed by atoms with Gasteiger partial charge in [-0.2, -0.15) is 0 Å². The van der Waals surface area contributed by atoms with Gasteiger partial charge in [0.25, 0.3) is 0 Å². The normalized spacial score (nSPS) is 21.2. The van der Waals surface area contributed by atoms with Gasteiger partial charge in [-0.3, -0.25) is 0 Å². The number of nitrogens with one attached hydrogen (secondary N) is 1. The summed E-state index contributed by atoms with van der Waals surface area (Å²) in [5.41, 5.74) is 3.14. The van der Waals surface area contributed by atoms with Gasteiger partial charge in [-0.25, -0.2) is 9.97 Å². The first-order valence-electron chi connectivity index (χ1n) is 8.54. The molecular formula is C20H22N4. The predicted molar refractivity (Wildman–Crippen MR) is 99.2 cm³/mol. The lowest BCUT2D eigenvalue weighted by atomic mass is 10.1. The summed E-state index contributed by atoms with van der Waals surface area (Å²) in [7, 11) is 0. The van der Waals surface area contributed by atoms with Crippen LogP contribution in [0.25, 0.3) is 22.2 Å². The third-order valence-electron chi connectivity index (χ3n) is 4.66. The Morgan fingerprint density at radius 3 is 2.54 bits per heavy atom. The average molecular weight is 318 g/mol. The van der Waals surface area contributed by atoms with Crippen molar-refractivity contribution in [2.45, 2.75) is 25.9 Å². The summed E-state index contributed by atoms with van der Waals surface area (Å²) in [6, 6.07) is 19.5. The number of para-hydroxylation sites is 1. The lowest BCUT2D eigenvalue weighted by Crippen LogP contribution is -2.55. The SMILES string of the molecule is CC1CN(c2nc(-c3ccccc3)c3ccccc3n2)C(C)CN1. The first kappa shape index (κ1) is 15.1. The van der Waals surface area contributed by atoms with E-state index in [-0.39, 0.29) is 0 Å². The number of nitrogens with zero attached hydrogens (tertiary/aromatic N) is 3. The molecule has 2 heterocycles. The molecule has 4 rings (SSSR count). The van der Waals surface area contributed by atoms with Crippen molar-refractivity contribution < 1.29 is 0 Å². The van der Waals surface area contributed by atoms with Gasteiger partial charge in [-0.1, -0.05) is 48.5 Å². The van der Waals surface area contributed by atoms with Gasteiger partial charge < -0.3 is 10.2 Å². The smallest absolute Gasteiger partial charge is 0.226 e. The number of anilines is 1. The molecule has 0 saturated carbocycles. The van der Waals surface area contributed by atoms with Crippen molar-refractivity contribution in [2.75, 3.05) is 18.0 Å². The van der Waals surface area contributed by atoms with Crippen molar-refractivity contribution in [2.24, 2.45) is 0 Å². The number of hydrogen-bond acceptors (Lipinski definition) is 4. The van der Waals surface area contributed by atoms with Crippen LogP contribution in [0.15, 0.2) is 54.6 Å². The fourth-order valence-electron chi connectivity index (χ4n) is 3.31. The van der Waals surface area contributed by atoms with Crippen LogP contribution in [0.2, 0.25) is 0 Å². The van der Waals surface area contributed by atoms with E-state index in [1.165, 1.54) is 0 Å². The highest BCUT2D eigenvalue weighted by molar-refractivity contribution is 5.93. The number of fused-ring (bicyclic) bond motifs is 1. The number of piperazine rings is 1. The molecule has 0 aliphatic carbocycles. The zero-order chi connectivity index (χ0) is 16.5. The highest BCUT2D eigenvalue weighted by Crippen LogP contribution is 2.29. The Morgan fingerprint density at radius 1 is 0.958 bits per heavy atom. The molecule has 0 spiro atoms. The molecule has 2 atom stereocenters. The summed E-state index contributed by atoms with van der Waals surface area (Å²) in [6.07, 6.45) is 0. The van der Waals surface area contributed by atoms with E-state index in [1.807, 2.05) is 18.2 Å². The molecule has 1 aromatic heterocycles. The third-order valence-corrected chi connectivity index (χ3v) is 4.66.